The zero-order valence-corrected chi connectivity index (χ0v) is 23.3. The van der Waals surface area contributed by atoms with Crippen LogP contribution in [-0.2, 0) is 36.2 Å². The van der Waals surface area contributed by atoms with Gasteiger partial charge in [-0.3, -0.25) is 4.79 Å². The summed E-state index contributed by atoms with van der Waals surface area (Å²) in [5.41, 5.74) is -4.91. The molecule has 1 amide bonds. The molecule has 0 bridgehead atoms. The first-order valence-electron chi connectivity index (χ1n) is 13.6. The summed E-state index contributed by atoms with van der Waals surface area (Å²) in [6.07, 6.45) is -4.04. The molecule has 41 heavy (non-hydrogen) atoms. The van der Waals surface area contributed by atoms with E-state index in [0.29, 0.717) is 33.0 Å². The number of ether oxygens (including phenoxy) is 1. The molecule has 2 aromatic rings. The summed E-state index contributed by atoms with van der Waals surface area (Å²) in [7, 11) is -4.31. The SMILES string of the molecule is CC(F)(c1ccc2c(c1)CC[C@H]1[C@H](C(=O)NCC3(O)CCOCC3)CC[C@@]21S(=O)(=O)c1ccc(F)cc1)C(F)(F)F. The Balaban J connectivity index is 1.56. The molecule has 224 valence electrons. The third-order valence-corrected chi connectivity index (χ3v) is 11.8. The number of hydrogen-bond donors (Lipinski definition) is 2. The van der Waals surface area contributed by atoms with Crippen molar-refractivity contribution in [3.8, 4) is 0 Å². The molecule has 6 nitrogen and oxygen atoms in total. The second-order valence-electron chi connectivity index (χ2n) is 11.6. The molecule has 0 spiro atoms. The van der Waals surface area contributed by atoms with Crippen LogP contribution in [0.5, 0.6) is 0 Å². The topological polar surface area (TPSA) is 92.7 Å². The minimum atomic E-state index is -5.18. The van der Waals surface area contributed by atoms with Crippen molar-refractivity contribution in [1.82, 2.24) is 5.32 Å². The van der Waals surface area contributed by atoms with Gasteiger partial charge in [0.05, 0.1) is 10.5 Å². The van der Waals surface area contributed by atoms with Crippen molar-refractivity contribution in [1.29, 1.82) is 0 Å². The van der Waals surface area contributed by atoms with Crippen LogP contribution in [-0.4, -0.2) is 51.0 Å². The number of rotatable bonds is 6. The standard InChI is InChI=1S/C29H32F5NO5S/c1-26(31,29(32,33)34)19-3-9-23-18(16-19)2-8-24-22(25(36)35-17-27(37)12-14-40-15-13-27)10-11-28(23,24)41(38,39)21-6-4-20(30)5-7-21/h3-7,9,16,22,24,37H,2,8,10-15,17H2,1H3,(H,35,36)/t22-,24+,26?,28-/m1/s1. The lowest BCUT2D eigenvalue weighted by molar-refractivity contribution is -0.228. The molecule has 1 saturated carbocycles. The molecule has 1 unspecified atom stereocenters. The average Bonchev–Trinajstić information content (AvgIpc) is 3.33. The molecule has 2 aromatic carbocycles. The van der Waals surface area contributed by atoms with E-state index in [9.17, 15) is 40.3 Å². The predicted molar refractivity (Wildman–Crippen MR) is 139 cm³/mol. The number of nitrogens with one attached hydrogen (secondary N) is 1. The molecule has 2 aliphatic carbocycles. The molecule has 4 atom stereocenters. The smallest absolute Gasteiger partial charge is 0.388 e. The van der Waals surface area contributed by atoms with Crippen LogP contribution >= 0.6 is 0 Å². The highest BCUT2D eigenvalue weighted by molar-refractivity contribution is 7.92. The monoisotopic (exact) mass is 601 g/mol. The van der Waals surface area contributed by atoms with Crippen LogP contribution in [0.25, 0.3) is 0 Å². The molecule has 1 saturated heterocycles. The number of aliphatic hydroxyl groups is 1. The van der Waals surface area contributed by atoms with Crippen molar-refractivity contribution in [3.63, 3.8) is 0 Å². The van der Waals surface area contributed by atoms with Crippen LogP contribution in [0.1, 0.15) is 55.7 Å². The molecular weight excluding hydrogens is 569 g/mol. The quantitative estimate of drug-likeness (QED) is 0.364. The Morgan fingerprint density at radius 2 is 1.71 bits per heavy atom. The van der Waals surface area contributed by atoms with Crippen LogP contribution < -0.4 is 5.32 Å². The van der Waals surface area contributed by atoms with Gasteiger partial charge < -0.3 is 15.2 Å². The van der Waals surface area contributed by atoms with Crippen molar-refractivity contribution in [2.75, 3.05) is 19.8 Å². The van der Waals surface area contributed by atoms with Crippen LogP contribution in [0.3, 0.4) is 0 Å². The minimum Gasteiger partial charge on any atom is -0.388 e. The maximum Gasteiger partial charge on any atom is 0.426 e. The number of fused-ring (bicyclic) bond motifs is 3. The van der Waals surface area contributed by atoms with Gasteiger partial charge in [-0.2, -0.15) is 13.2 Å². The fourth-order valence-electron chi connectivity index (χ4n) is 6.76. The van der Waals surface area contributed by atoms with Gasteiger partial charge >= 0.3 is 6.18 Å². The molecule has 1 heterocycles. The summed E-state index contributed by atoms with van der Waals surface area (Å²) in [4.78, 5) is 13.3. The number of amides is 1. The van der Waals surface area contributed by atoms with Crippen LogP contribution in [0.15, 0.2) is 47.4 Å². The molecule has 0 aromatic heterocycles. The summed E-state index contributed by atoms with van der Waals surface area (Å²) < 4.78 is 101. The van der Waals surface area contributed by atoms with E-state index >= 15 is 0 Å². The number of hydrogen-bond acceptors (Lipinski definition) is 5. The van der Waals surface area contributed by atoms with Gasteiger partial charge in [0.1, 0.15) is 10.6 Å². The maximum absolute atomic E-state index is 14.9. The summed E-state index contributed by atoms with van der Waals surface area (Å²) in [6.45, 7) is 1.10. The van der Waals surface area contributed by atoms with Crippen LogP contribution in [0, 0.1) is 17.7 Å². The maximum atomic E-state index is 14.9. The lowest BCUT2D eigenvalue weighted by atomic mass is 9.72. The minimum absolute atomic E-state index is 0.00786. The number of benzene rings is 2. The first-order chi connectivity index (χ1) is 19.1. The van der Waals surface area contributed by atoms with E-state index in [0.717, 1.165) is 36.4 Å². The molecule has 5 rings (SSSR count). The lowest BCUT2D eigenvalue weighted by Gasteiger charge is -2.42. The number of alkyl halides is 4. The number of halogens is 5. The van der Waals surface area contributed by atoms with Crippen molar-refractivity contribution < 1.29 is 45.0 Å². The van der Waals surface area contributed by atoms with E-state index in [1.807, 2.05) is 0 Å². The first-order valence-corrected chi connectivity index (χ1v) is 15.1. The van der Waals surface area contributed by atoms with Crippen LogP contribution in [0.4, 0.5) is 22.0 Å². The second kappa shape index (κ2) is 10.3. The lowest BCUT2D eigenvalue weighted by Crippen LogP contribution is -2.50. The molecule has 12 heteroatoms. The summed E-state index contributed by atoms with van der Waals surface area (Å²) in [5.74, 6) is -2.57. The molecule has 0 radical (unpaired) electrons. The van der Waals surface area contributed by atoms with Gasteiger partial charge in [-0.1, -0.05) is 18.2 Å². The van der Waals surface area contributed by atoms with Crippen molar-refractivity contribution in [2.24, 2.45) is 11.8 Å². The third kappa shape index (κ3) is 4.95. The van der Waals surface area contributed by atoms with E-state index < -0.39 is 61.2 Å². The molecule has 2 fully saturated rings. The Hall–Kier alpha value is -2.57. The van der Waals surface area contributed by atoms with E-state index in [-0.39, 0.29) is 48.3 Å². The summed E-state index contributed by atoms with van der Waals surface area (Å²) in [5, 5.41) is 13.6. The Morgan fingerprint density at radius 1 is 1.05 bits per heavy atom. The van der Waals surface area contributed by atoms with Gasteiger partial charge in [-0.05, 0) is 79.5 Å². The Kier molecular flexibility index (Phi) is 7.52. The Bertz CT molecular complexity index is 1420. The highest BCUT2D eigenvalue weighted by Crippen LogP contribution is 2.59. The molecule has 1 aliphatic heterocycles. The third-order valence-electron chi connectivity index (χ3n) is 9.23. The normalized spacial score (nSPS) is 27.4. The van der Waals surface area contributed by atoms with Crippen molar-refractivity contribution in [2.45, 2.75) is 72.5 Å². The highest BCUT2D eigenvalue weighted by atomic mass is 32.2. The van der Waals surface area contributed by atoms with E-state index in [1.54, 1.807) is 0 Å². The Morgan fingerprint density at radius 3 is 2.34 bits per heavy atom. The molecule has 2 N–H and O–H groups in total. The van der Waals surface area contributed by atoms with Gasteiger partial charge in [-0.15, -0.1) is 0 Å². The second-order valence-corrected chi connectivity index (χ2v) is 13.8. The predicted octanol–water partition coefficient (Wildman–Crippen LogP) is 4.87. The summed E-state index contributed by atoms with van der Waals surface area (Å²) in [6, 6.07) is 7.57. The first kappa shape index (κ1) is 29.9. The number of aryl methyl sites for hydroxylation is 1. The van der Waals surface area contributed by atoms with Gasteiger partial charge in [0.25, 0.3) is 0 Å². The van der Waals surface area contributed by atoms with Gasteiger partial charge in [0.2, 0.25) is 11.6 Å². The fourth-order valence-corrected chi connectivity index (χ4v) is 9.23. The number of sulfone groups is 1. The van der Waals surface area contributed by atoms with Crippen LogP contribution in [0.2, 0.25) is 0 Å². The Labute approximate surface area is 235 Å². The summed E-state index contributed by atoms with van der Waals surface area (Å²) >= 11 is 0. The fraction of sp³-hybridized carbons (Fsp3) is 0.552. The number of carbonyl (C=O) groups is 1. The van der Waals surface area contributed by atoms with Crippen molar-refractivity contribution in [3.05, 3.63) is 65.0 Å². The van der Waals surface area contributed by atoms with Gasteiger partial charge in [-0.25, -0.2) is 17.2 Å². The van der Waals surface area contributed by atoms with Gasteiger partial charge in [0, 0.05) is 38.5 Å². The van der Waals surface area contributed by atoms with E-state index in [2.05, 4.69) is 5.32 Å². The highest BCUT2D eigenvalue weighted by Gasteiger charge is 2.62. The van der Waals surface area contributed by atoms with E-state index in [1.165, 1.54) is 6.07 Å². The zero-order chi connectivity index (χ0) is 29.8. The zero-order valence-electron chi connectivity index (χ0n) is 22.4. The molecule has 3 aliphatic rings. The largest absolute Gasteiger partial charge is 0.426 e. The number of carbonyl (C=O) groups excluding carboxylic acids is 1. The average molecular weight is 602 g/mol. The van der Waals surface area contributed by atoms with Crippen molar-refractivity contribution >= 4 is 15.7 Å². The van der Waals surface area contributed by atoms with E-state index in [4.69, 9.17) is 4.74 Å². The van der Waals surface area contributed by atoms with Gasteiger partial charge in [0.15, 0.2) is 9.84 Å². The molecular formula is C29H32F5NO5S.